The monoisotopic (exact) mass is 328 g/mol. The van der Waals surface area contributed by atoms with E-state index < -0.39 is 0 Å². The zero-order valence-electron chi connectivity index (χ0n) is 15.1. The number of methoxy groups -OCH3 is 3. The average molecular weight is 328 g/mol. The van der Waals surface area contributed by atoms with E-state index in [0.717, 1.165) is 16.7 Å². The molecule has 2 aromatic rings. The summed E-state index contributed by atoms with van der Waals surface area (Å²) in [5, 5.41) is 0. The first-order valence-corrected chi connectivity index (χ1v) is 7.77. The van der Waals surface area contributed by atoms with Gasteiger partial charge >= 0.3 is 5.97 Å². The van der Waals surface area contributed by atoms with Crippen molar-refractivity contribution in [3.63, 3.8) is 0 Å². The van der Waals surface area contributed by atoms with Crippen molar-refractivity contribution in [2.75, 3.05) is 21.3 Å². The van der Waals surface area contributed by atoms with Crippen molar-refractivity contribution >= 4 is 5.97 Å². The van der Waals surface area contributed by atoms with Gasteiger partial charge in [0.25, 0.3) is 0 Å². The zero-order chi connectivity index (χ0) is 17.9. The summed E-state index contributed by atoms with van der Waals surface area (Å²) < 4.78 is 16.0. The molecular formula is C20H24O4. The minimum atomic E-state index is -0.363. The van der Waals surface area contributed by atoms with Crippen LogP contribution >= 0.6 is 0 Å². The lowest BCUT2D eigenvalue weighted by molar-refractivity contribution is 0.0601. The Morgan fingerprint density at radius 3 is 2.17 bits per heavy atom. The molecule has 0 saturated carbocycles. The minimum Gasteiger partial charge on any atom is -0.493 e. The molecule has 2 aromatic carbocycles. The molecule has 0 saturated heterocycles. The Kier molecular flexibility index (Phi) is 5.17. The lowest BCUT2D eigenvalue weighted by Crippen LogP contribution is -2.14. The molecule has 0 spiro atoms. The summed E-state index contributed by atoms with van der Waals surface area (Å²) in [5.41, 5.74) is 3.08. The van der Waals surface area contributed by atoms with Crippen LogP contribution in [0, 0.1) is 0 Å². The van der Waals surface area contributed by atoms with Gasteiger partial charge in [-0.25, -0.2) is 4.79 Å². The zero-order valence-corrected chi connectivity index (χ0v) is 15.1. The summed E-state index contributed by atoms with van der Waals surface area (Å²) in [6.45, 7) is 6.33. The molecule has 0 unspecified atom stereocenters. The van der Waals surface area contributed by atoms with Gasteiger partial charge in [0.1, 0.15) is 0 Å². The second-order valence-corrected chi connectivity index (χ2v) is 6.55. The second-order valence-electron chi connectivity index (χ2n) is 6.55. The molecule has 24 heavy (non-hydrogen) atoms. The van der Waals surface area contributed by atoms with E-state index in [9.17, 15) is 4.79 Å². The fourth-order valence-corrected chi connectivity index (χ4v) is 2.70. The van der Waals surface area contributed by atoms with Crippen molar-refractivity contribution in [3.8, 4) is 22.6 Å². The van der Waals surface area contributed by atoms with Gasteiger partial charge in [-0.3, -0.25) is 0 Å². The molecule has 0 aliphatic carbocycles. The van der Waals surface area contributed by atoms with Gasteiger partial charge in [0.2, 0.25) is 0 Å². The van der Waals surface area contributed by atoms with Crippen LogP contribution in [0.3, 0.4) is 0 Å². The number of carbonyl (C=O) groups is 1. The topological polar surface area (TPSA) is 44.8 Å². The van der Waals surface area contributed by atoms with E-state index in [0.29, 0.717) is 17.1 Å². The van der Waals surface area contributed by atoms with Crippen LogP contribution in [0.25, 0.3) is 11.1 Å². The third-order valence-electron chi connectivity index (χ3n) is 3.93. The summed E-state index contributed by atoms with van der Waals surface area (Å²) in [6, 6.07) is 11.3. The van der Waals surface area contributed by atoms with Crippen LogP contribution in [-0.2, 0) is 10.2 Å². The average Bonchev–Trinajstić information content (AvgIpc) is 2.58. The molecule has 0 atom stereocenters. The largest absolute Gasteiger partial charge is 0.493 e. The summed E-state index contributed by atoms with van der Waals surface area (Å²) in [7, 11) is 4.63. The number of benzene rings is 2. The van der Waals surface area contributed by atoms with Gasteiger partial charge in [-0.2, -0.15) is 0 Å². The minimum absolute atomic E-state index is 0.144. The Hall–Kier alpha value is -2.49. The number of esters is 1. The smallest absolute Gasteiger partial charge is 0.338 e. The molecule has 0 heterocycles. The SMILES string of the molecule is COC(=O)c1ccccc1-c1cc(OC)c(OC)c(C(C)(C)C)c1. The maximum Gasteiger partial charge on any atom is 0.338 e. The van der Waals surface area contributed by atoms with E-state index in [1.54, 1.807) is 20.3 Å². The molecule has 0 aliphatic heterocycles. The lowest BCUT2D eigenvalue weighted by Gasteiger charge is -2.25. The van der Waals surface area contributed by atoms with Gasteiger partial charge in [-0.15, -0.1) is 0 Å². The third-order valence-corrected chi connectivity index (χ3v) is 3.93. The number of rotatable bonds is 4. The number of hydrogen-bond donors (Lipinski definition) is 0. The van der Waals surface area contributed by atoms with Crippen LogP contribution in [0.15, 0.2) is 36.4 Å². The summed E-state index contributed by atoms with van der Waals surface area (Å²) in [6.07, 6.45) is 0. The first-order valence-electron chi connectivity index (χ1n) is 7.77. The highest BCUT2D eigenvalue weighted by Crippen LogP contribution is 2.42. The van der Waals surface area contributed by atoms with E-state index in [4.69, 9.17) is 14.2 Å². The number of hydrogen-bond acceptors (Lipinski definition) is 4. The molecule has 0 radical (unpaired) electrons. The maximum atomic E-state index is 12.1. The summed E-state index contributed by atoms with van der Waals surface area (Å²) in [4.78, 5) is 12.1. The van der Waals surface area contributed by atoms with Crippen molar-refractivity contribution in [1.82, 2.24) is 0 Å². The molecule has 0 fully saturated rings. The van der Waals surface area contributed by atoms with Gasteiger partial charge in [0.05, 0.1) is 26.9 Å². The molecule has 0 bridgehead atoms. The van der Waals surface area contributed by atoms with Crippen molar-refractivity contribution < 1.29 is 19.0 Å². The Morgan fingerprint density at radius 2 is 1.62 bits per heavy atom. The highest BCUT2D eigenvalue weighted by molar-refractivity contribution is 5.97. The predicted molar refractivity (Wildman–Crippen MR) is 95.0 cm³/mol. The highest BCUT2D eigenvalue weighted by Gasteiger charge is 2.24. The Balaban J connectivity index is 2.75. The van der Waals surface area contributed by atoms with Crippen molar-refractivity contribution in [3.05, 3.63) is 47.5 Å². The lowest BCUT2D eigenvalue weighted by atomic mass is 9.83. The van der Waals surface area contributed by atoms with Crippen LogP contribution < -0.4 is 9.47 Å². The van der Waals surface area contributed by atoms with Crippen LogP contribution in [0.1, 0.15) is 36.7 Å². The molecule has 128 valence electrons. The molecule has 0 amide bonds. The highest BCUT2D eigenvalue weighted by atomic mass is 16.5. The molecular weight excluding hydrogens is 304 g/mol. The molecule has 4 heteroatoms. The molecule has 0 N–H and O–H groups in total. The fourth-order valence-electron chi connectivity index (χ4n) is 2.70. The van der Waals surface area contributed by atoms with Gasteiger partial charge in [-0.05, 0) is 34.7 Å². The summed E-state index contributed by atoms with van der Waals surface area (Å²) >= 11 is 0. The van der Waals surface area contributed by atoms with Crippen LogP contribution in [0.2, 0.25) is 0 Å². The quantitative estimate of drug-likeness (QED) is 0.778. The standard InChI is InChI=1S/C20H24O4/c1-20(2,3)16-11-13(12-17(22-4)18(16)23-5)14-9-7-8-10-15(14)19(21)24-6/h7-12H,1-6H3. The van der Waals surface area contributed by atoms with E-state index in [1.807, 2.05) is 30.3 Å². The van der Waals surface area contributed by atoms with E-state index in [2.05, 4.69) is 20.8 Å². The van der Waals surface area contributed by atoms with E-state index >= 15 is 0 Å². The van der Waals surface area contributed by atoms with Crippen LogP contribution in [0.4, 0.5) is 0 Å². The first kappa shape index (κ1) is 17.9. The molecule has 0 aromatic heterocycles. The van der Waals surface area contributed by atoms with Crippen molar-refractivity contribution in [2.45, 2.75) is 26.2 Å². The summed E-state index contributed by atoms with van der Waals surface area (Å²) in [5.74, 6) is 0.988. The van der Waals surface area contributed by atoms with Crippen LogP contribution in [-0.4, -0.2) is 27.3 Å². The predicted octanol–water partition coefficient (Wildman–Crippen LogP) is 4.45. The maximum absolute atomic E-state index is 12.1. The van der Waals surface area contributed by atoms with Gasteiger partial charge in [0.15, 0.2) is 11.5 Å². The van der Waals surface area contributed by atoms with Crippen molar-refractivity contribution in [1.29, 1.82) is 0 Å². The van der Waals surface area contributed by atoms with E-state index in [1.165, 1.54) is 7.11 Å². The second kappa shape index (κ2) is 6.95. The van der Waals surface area contributed by atoms with Crippen molar-refractivity contribution in [2.24, 2.45) is 0 Å². The molecule has 0 aliphatic rings. The van der Waals surface area contributed by atoms with E-state index in [-0.39, 0.29) is 11.4 Å². The Labute approximate surface area is 143 Å². The molecule has 2 rings (SSSR count). The first-order chi connectivity index (χ1) is 11.3. The Bertz CT molecular complexity index is 742. The number of ether oxygens (including phenoxy) is 3. The van der Waals surface area contributed by atoms with Gasteiger partial charge in [-0.1, -0.05) is 39.0 Å². The Morgan fingerprint density at radius 1 is 0.958 bits per heavy atom. The molecule has 4 nitrogen and oxygen atoms in total. The third kappa shape index (κ3) is 3.37. The van der Waals surface area contributed by atoms with Gasteiger partial charge in [0, 0.05) is 5.56 Å². The normalized spacial score (nSPS) is 11.1. The van der Waals surface area contributed by atoms with Crippen LogP contribution in [0.5, 0.6) is 11.5 Å². The van der Waals surface area contributed by atoms with Gasteiger partial charge < -0.3 is 14.2 Å². The number of carbonyl (C=O) groups excluding carboxylic acids is 1. The fraction of sp³-hybridized carbons (Fsp3) is 0.350.